The Bertz CT molecular complexity index is 2870. The standard InChI is InChI=1S/C29H30N2O4S2.C21H22N2O3S2.C8H9ClO/c1-30-27(34)29(20-35-19-23-11-7-4-8-12-23)31(2)26(33)28(30,17-21-9-5-3-6-10-21)36-25(37-29)24-15-13-22(18-32)14-16-24;1-22-18-17(25)23(2)21(20(22)26,12-14-6-4-3-5-7-14)28-19(27-18)16-10-8-15(13-24)9-11-16;9-7-10-6-8-4-2-1-3-5-8/h3-16,25,32H,17-20H2,1-2H3;3-11,18-19,24H,12-13H2,1-2H3;1-5H,6-7H2/t25?,28-,29-;18?,19?,21-;/m00./s1. The molecule has 6 fully saturated rings. The number of fused-ring (bicyclic) bond motifs is 8. The Morgan fingerprint density at radius 2 is 0.853 bits per heavy atom. The van der Waals surface area contributed by atoms with Gasteiger partial charge in [0.15, 0.2) is 20.0 Å². The number of aliphatic hydroxyl groups is 2. The number of piperazine rings is 2. The number of alkyl halides is 1. The molecule has 75 heavy (non-hydrogen) atoms. The third-order valence-corrected chi connectivity index (χ3v) is 20.7. The molecule has 3 unspecified atom stereocenters. The minimum atomic E-state index is -1.20. The predicted molar refractivity (Wildman–Crippen MR) is 302 cm³/mol. The lowest BCUT2D eigenvalue weighted by atomic mass is 9.98. The van der Waals surface area contributed by atoms with Crippen molar-refractivity contribution in [3.8, 4) is 0 Å². The Hall–Kier alpha value is -5.27. The molecule has 392 valence electrons. The molecule has 0 radical (unpaired) electrons. The van der Waals surface area contributed by atoms with Crippen LogP contribution in [0, 0.1) is 0 Å². The smallest absolute Gasteiger partial charge is 0.262 e. The number of hydrogen-bond acceptors (Lipinski definition) is 12. The molecule has 2 N–H and O–H groups in total. The SMILES string of the molecule is CN1C(=O)[C@]2(Cc3ccccc3)SC(c3ccc(CO)cc3)SC1C(=O)N2C.CN1C(=O)[C@]2(Cc3ccccc3)SC(c3ccc(CO)cc3)S[C@@]1(COCc1ccccc1)C(=O)N2C.ClCOCc1ccccc1. The third-order valence-electron chi connectivity index (χ3n) is 13.6. The summed E-state index contributed by atoms with van der Waals surface area (Å²) in [5.41, 5.74) is 7.87. The van der Waals surface area contributed by atoms with E-state index in [1.54, 1.807) is 59.6 Å². The van der Waals surface area contributed by atoms with E-state index in [9.17, 15) is 29.4 Å². The summed E-state index contributed by atoms with van der Waals surface area (Å²) in [5.74, 6) is -0.306. The fourth-order valence-corrected chi connectivity index (χ4v) is 16.7. The van der Waals surface area contributed by atoms with E-state index in [0.29, 0.717) is 26.1 Å². The summed E-state index contributed by atoms with van der Waals surface area (Å²) in [4.78, 5) is 58.2. The van der Waals surface area contributed by atoms with Gasteiger partial charge in [0, 0.05) is 41.0 Å². The Kier molecular flexibility index (Phi) is 18.8. The molecular weight excluding hydrogens is 1040 g/mol. The largest absolute Gasteiger partial charge is 0.392 e. The van der Waals surface area contributed by atoms with Crippen molar-refractivity contribution >= 4 is 82.3 Å². The van der Waals surface area contributed by atoms with Crippen LogP contribution in [0.1, 0.15) is 53.7 Å². The van der Waals surface area contributed by atoms with Crippen LogP contribution >= 0.6 is 58.6 Å². The molecule has 4 bridgehead atoms. The first kappa shape index (κ1) is 55.9. The van der Waals surface area contributed by atoms with Gasteiger partial charge < -0.3 is 39.3 Å². The van der Waals surface area contributed by atoms with E-state index in [2.05, 4.69) is 0 Å². The Balaban J connectivity index is 0.000000172. The second-order valence-corrected chi connectivity index (χ2v) is 24.6. The van der Waals surface area contributed by atoms with Crippen LogP contribution in [-0.2, 0) is 67.9 Å². The number of carbonyl (C=O) groups excluding carboxylic acids is 4. The minimum absolute atomic E-state index is 0.00570. The zero-order valence-corrected chi connectivity index (χ0v) is 46.2. The number of hydrogen-bond donors (Lipinski definition) is 2. The van der Waals surface area contributed by atoms with Crippen molar-refractivity contribution in [3.63, 3.8) is 0 Å². The molecule has 6 aliphatic heterocycles. The number of benzene rings is 6. The third kappa shape index (κ3) is 12.1. The molecule has 12 nitrogen and oxygen atoms in total. The van der Waals surface area contributed by atoms with Crippen molar-refractivity contribution in [3.05, 3.63) is 214 Å². The van der Waals surface area contributed by atoms with Crippen LogP contribution in [0.4, 0.5) is 0 Å². The molecule has 0 spiro atoms. The second kappa shape index (κ2) is 25.3. The van der Waals surface area contributed by atoms with Crippen molar-refractivity contribution in [1.82, 2.24) is 19.6 Å². The zero-order valence-electron chi connectivity index (χ0n) is 42.2. The van der Waals surface area contributed by atoms with Gasteiger partial charge in [-0.05, 0) is 44.5 Å². The summed E-state index contributed by atoms with van der Waals surface area (Å²) in [5, 5.41) is 18.3. The maximum Gasteiger partial charge on any atom is 0.262 e. The predicted octanol–water partition coefficient (Wildman–Crippen LogP) is 9.69. The highest BCUT2D eigenvalue weighted by molar-refractivity contribution is 8.19. The van der Waals surface area contributed by atoms with Crippen LogP contribution < -0.4 is 0 Å². The summed E-state index contributed by atoms with van der Waals surface area (Å²) < 4.78 is 10.8. The van der Waals surface area contributed by atoms with Gasteiger partial charge in [-0.25, -0.2) is 0 Å². The fourth-order valence-electron chi connectivity index (χ4n) is 9.28. The lowest BCUT2D eigenvalue weighted by molar-refractivity contribution is -0.166. The van der Waals surface area contributed by atoms with E-state index >= 15 is 0 Å². The highest BCUT2D eigenvalue weighted by Gasteiger charge is 2.66. The Labute approximate surface area is 461 Å². The molecular formula is C58H61ClN4O8S4. The van der Waals surface area contributed by atoms with E-state index in [1.807, 2.05) is 170 Å². The zero-order chi connectivity index (χ0) is 53.2. The molecule has 6 atom stereocenters. The number of nitrogens with zero attached hydrogens (tertiary/aromatic N) is 4. The first-order valence-electron chi connectivity index (χ1n) is 24.4. The first-order valence-corrected chi connectivity index (χ1v) is 28.5. The van der Waals surface area contributed by atoms with Gasteiger partial charge in [-0.2, -0.15) is 0 Å². The van der Waals surface area contributed by atoms with Crippen molar-refractivity contribution in [2.75, 3.05) is 40.9 Å². The summed E-state index contributed by atoms with van der Waals surface area (Å²) in [7, 11) is 6.94. The van der Waals surface area contributed by atoms with Crippen LogP contribution in [-0.4, -0.2) is 114 Å². The van der Waals surface area contributed by atoms with Gasteiger partial charge in [-0.15, -0.1) is 47.0 Å². The fraction of sp³-hybridized carbons (Fsp3) is 0.310. The van der Waals surface area contributed by atoms with E-state index < -0.39 is 20.0 Å². The van der Waals surface area contributed by atoms with Crippen molar-refractivity contribution in [1.29, 1.82) is 0 Å². The van der Waals surface area contributed by atoms with Gasteiger partial charge in [0.05, 0.1) is 42.2 Å². The number of thioether (sulfide) groups is 4. The number of ether oxygens (including phenoxy) is 2. The molecule has 6 aliphatic rings. The summed E-state index contributed by atoms with van der Waals surface area (Å²) in [6.45, 7) is 0.979. The topological polar surface area (TPSA) is 140 Å². The van der Waals surface area contributed by atoms with Gasteiger partial charge in [0.2, 0.25) is 0 Å². The van der Waals surface area contributed by atoms with Crippen LogP contribution in [0.2, 0.25) is 0 Å². The highest BCUT2D eigenvalue weighted by Crippen LogP contribution is 2.61. The normalized spacial score (nSPS) is 24.0. The molecule has 12 rings (SSSR count). The van der Waals surface area contributed by atoms with Crippen LogP contribution in [0.5, 0.6) is 0 Å². The lowest BCUT2D eigenvalue weighted by Gasteiger charge is -2.51. The van der Waals surface area contributed by atoms with Crippen LogP contribution in [0.3, 0.4) is 0 Å². The van der Waals surface area contributed by atoms with E-state index in [-0.39, 0.29) is 58.7 Å². The molecule has 17 heteroatoms. The second-order valence-electron chi connectivity index (χ2n) is 18.4. The van der Waals surface area contributed by atoms with E-state index in [4.69, 9.17) is 21.1 Å². The van der Waals surface area contributed by atoms with E-state index in [0.717, 1.165) is 44.5 Å². The summed E-state index contributed by atoms with van der Waals surface area (Å²) in [6, 6.07) is 55.2. The van der Waals surface area contributed by atoms with Crippen molar-refractivity contribution in [2.45, 2.75) is 68.4 Å². The number of aliphatic hydroxyl groups excluding tert-OH is 2. The molecule has 6 aromatic rings. The highest BCUT2D eigenvalue weighted by atomic mass is 35.5. The van der Waals surface area contributed by atoms with Crippen LogP contribution in [0.25, 0.3) is 0 Å². The number of rotatable bonds is 15. The molecule has 0 saturated carbocycles. The van der Waals surface area contributed by atoms with Gasteiger partial charge in [-0.3, -0.25) is 19.2 Å². The van der Waals surface area contributed by atoms with Gasteiger partial charge >= 0.3 is 0 Å². The van der Waals surface area contributed by atoms with Crippen molar-refractivity contribution in [2.24, 2.45) is 0 Å². The number of amides is 4. The maximum absolute atomic E-state index is 14.2. The van der Waals surface area contributed by atoms with Gasteiger partial charge in [0.1, 0.15) is 6.07 Å². The van der Waals surface area contributed by atoms with Crippen LogP contribution in [0.15, 0.2) is 170 Å². The quantitative estimate of drug-likeness (QED) is 0.0947. The summed E-state index contributed by atoms with van der Waals surface area (Å²) >= 11 is 11.4. The average Bonchev–Trinajstić information content (AvgIpc) is 3.77. The molecule has 6 heterocycles. The molecule has 6 saturated heterocycles. The minimum Gasteiger partial charge on any atom is -0.392 e. The van der Waals surface area contributed by atoms with Gasteiger partial charge in [-0.1, -0.05) is 181 Å². The Morgan fingerprint density at radius 1 is 0.467 bits per heavy atom. The van der Waals surface area contributed by atoms with E-state index in [1.165, 1.54) is 35.3 Å². The van der Waals surface area contributed by atoms with Gasteiger partial charge in [0.25, 0.3) is 23.6 Å². The maximum atomic E-state index is 14.2. The monoisotopic (exact) mass is 1100 g/mol. The van der Waals surface area contributed by atoms with Crippen molar-refractivity contribution < 1.29 is 38.9 Å². The first-order chi connectivity index (χ1) is 36.3. The summed E-state index contributed by atoms with van der Waals surface area (Å²) in [6.07, 6.45) is 0.860. The Morgan fingerprint density at radius 3 is 1.32 bits per heavy atom. The molecule has 4 amide bonds. The number of carbonyl (C=O) groups is 4. The molecule has 6 aromatic carbocycles. The molecule has 0 aromatic heterocycles. The molecule has 0 aliphatic carbocycles. The number of likely N-dealkylation sites (N-methyl/N-ethyl adjacent to an activating group) is 4. The average molecular weight is 1110 g/mol. The number of halogens is 1. The lowest BCUT2D eigenvalue weighted by Crippen LogP contribution is -2.73.